The fourth-order valence-corrected chi connectivity index (χ4v) is 3.20. The van der Waals surface area contributed by atoms with Gasteiger partial charge in [-0.05, 0) is 52.9 Å². The number of hydrogen-bond acceptors (Lipinski definition) is 4. The Balaban J connectivity index is 1.81. The first kappa shape index (κ1) is 17.5. The van der Waals surface area contributed by atoms with Crippen molar-refractivity contribution in [3.63, 3.8) is 0 Å². The van der Waals surface area contributed by atoms with Crippen LogP contribution in [-0.2, 0) is 0 Å². The predicted octanol–water partition coefficient (Wildman–Crippen LogP) is 5.17. The largest absolute Gasteiger partial charge is 0.371 e. The Morgan fingerprint density at radius 2 is 1.52 bits per heavy atom. The monoisotopic (exact) mass is 395 g/mol. The number of anilines is 1. The number of benzene rings is 3. The lowest BCUT2D eigenvalue weighted by molar-refractivity contribution is 0.738. The number of aromatic nitrogens is 4. The average molecular weight is 396 g/mol. The summed E-state index contributed by atoms with van der Waals surface area (Å²) >= 11 is 12.5. The molecule has 5 nitrogen and oxygen atoms in total. The Bertz CT molecular complexity index is 1030. The first-order valence-corrected chi connectivity index (χ1v) is 9.08. The van der Waals surface area contributed by atoms with Gasteiger partial charge in [-0.25, -0.2) is 0 Å². The molecule has 134 valence electrons. The summed E-state index contributed by atoms with van der Waals surface area (Å²) in [6.07, 6.45) is 0. The van der Waals surface area contributed by atoms with Crippen LogP contribution in [0.25, 0.3) is 5.69 Å². The van der Waals surface area contributed by atoms with Crippen molar-refractivity contribution in [1.29, 1.82) is 0 Å². The van der Waals surface area contributed by atoms with Gasteiger partial charge in [0.05, 0.1) is 5.69 Å². The van der Waals surface area contributed by atoms with E-state index in [0.717, 1.165) is 16.9 Å². The van der Waals surface area contributed by atoms with Crippen LogP contribution in [-0.4, -0.2) is 20.2 Å². The summed E-state index contributed by atoms with van der Waals surface area (Å²) in [5.74, 6) is 0.629. The topological polar surface area (TPSA) is 55.6 Å². The van der Waals surface area contributed by atoms with Crippen molar-refractivity contribution in [2.45, 2.75) is 6.04 Å². The molecule has 0 spiro atoms. The molecule has 0 aliphatic rings. The van der Waals surface area contributed by atoms with Crippen LogP contribution in [0.3, 0.4) is 0 Å². The van der Waals surface area contributed by atoms with E-state index in [-0.39, 0.29) is 6.04 Å². The number of halogens is 2. The average Bonchev–Trinajstić information content (AvgIpc) is 3.18. The van der Waals surface area contributed by atoms with Gasteiger partial charge < -0.3 is 5.32 Å². The molecule has 3 aromatic carbocycles. The molecular formula is C20H15Cl2N5. The first-order valence-electron chi connectivity index (χ1n) is 8.32. The van der Waals surface area contributed by atoms with Crippen molar-refractivity contribution >= 4 is 28.9 Å². The van der Waals surface area contributed by atoms with Crippen LogP contribution in [0.5, 0.6) is 0 Å². The third kappa shape index (κ3) is 3.79. The lowest BCUT2D eigenvalue weighted by Crippen LogP contribution is -2.18. The van der Waals surface area contributed by atoms with Gasteiger partial charge >= 0.3 is 0 Å². The standard InChI is InChI=1S/C20H15Cl2N5/c21-14-10-12-15(13-11-14)23-19(17-8-4-5-9-18(17)22)20-24-25-26-27(20)16-6-2-1-3-7-16/h1-13,19,23H/t19-/m1/s1. The maximum absolute atomic E-state index is 6.49. The molecule has 4 aromatic rings. The highest BCUT2D eigenvalue weighted by Crippen LogP contribution is 2.31. The summed E-state index contributed by atoms with van der Waals surface area (Å²) in [6, 6.07) is 24.5. The van der Waals surface area contributed by atoms with Gasteiger partial charge in [0.15, 0.2) is 5.82 Å². The van der Waals surface area contributed by atoms with Crippen LogP contribution < -0.4 is 5.32 Å². The van der Waals surface area contributed by atoms with Crippen LogP contribution in [0.2, 0.25) is 10.0 Å². The summed E-state index contributed by atoms with van der Waals surface area (Å²) in [5.41, 5.74) is 2.63. The molecule has 0 aliphatic heterocycles. The minimum atomic E-state index is -0.352. The summed E-state index contributed by atoms with van der Waals surface area (Å²) in [4.78, 5) is 0. The molecule has 7 heteroatoms. The number of nitrogens with one attached hydrogen (secondary N) is 1. The van der Waals surface area contributed by atoms with Crippen LogP contribution >= 0.6 is 23.2 Å². The number of para-hydroxylation sites is 1. The number of hydrogen-bond donors (Lipinski definition) is 1. The fraction of sp³-hybridized carbons (Fsp3) is 0.0500. The molecule has 1 N–H and O–H groups in total. The van der Waals surface area contributed by atoms with Crippen molar-refractivity contribution in [1.82, 2.24) is 20.2 Å². The van der Waals surface area contributed by atoms with E-state index in [1.165, 1.54) is 0 Å². The Morgan fingerprint density at radius 1 is 0.815 bits per heavy atom. The highest BCUT2D eigenvalue weighted by molar-refractivity contribution is 6.31. The first-order chi connectivity index (χ1) is 13.2. The number of rotatable bonds is 5. The molecule has 1 heterocycles. The highest BCUT2D eigenvalue weighted by Gasteiger charge is 2.24. The Labute approximate surface area is 166 Å². The normalized spacial score (nSPS) is 11.9. The van der Waals surface area contributed by atoms with Crippen LogP contribution in [0.15, 0.2) is 78.9 Å². The van der Waals surface area contributed by atoms with Crippen LogP contribution in [0.4, 0.5) is 5.69 Å². The van der Waals surface area contributed by atoms with Crippen molar-refractivity contribution in [2.24, 2.45) is 0 Å². The van der Waals surface area contributed by atoms with Gasteiger partial charge in [0.1, 0.15) is 6.04 Å². The van der Waals surface area contributed by atoms with E-state index < -0.39 is 0 Å². The van der Waals surface area contributed by atoms with Crippen molar-refractivity contribution in [3.05, 3.63) is 100 Å². The molecule has 1 aromatic heterocycles. The zero-order valence-electron chi connectivity index (χ0n) is 14.1. The van der Waals surface area contributed by atoms with E-state index in [9.17, 15) is 0 Å². The molecule has 0 unspecified atom stereocenters. The van der Waals surface area contributed by atoms with Crippen LogP contribution in [0, 0.1) is 0 Å². The number of nitrogens with zero attached hydrogens (tertiary/aromatic N) is 4. The Kier molecular flexibility index (Phi) is 5.05. The van der Waals surface area contributed by atoms with E-state index in [4.69, 9.17) is 23.2 Å². The smallest absolute Gasteiger partial charge is 0.183 e. The molecule has 0 aliphatic carbocycles. The lowest BCUT2D eigenvalue weighted by atomic mass is 10.1. The van der Waals surface area contributed by atoms with E-state index in [0.29, 0.717) is 15.9 Å². The SMILES string of the molecule is Clc1ccc(N[C@H](c2ccccc2Cl)c2nnnn2-c2ccccc2)cc1. The molecular weight excluding hydrogens is 381 g/mol. The van der Waals surface area contributed by atoms with Crippen molar-refractivity contribution < 1.29 is 0 Å². The minimum Gasteiger partial charge on any atom is -0.371 e. The molecule has 1 atom stereocenters. The molecule has 4 rings (SSSR count). The summed E-state index contributed by atoms with van der Waals surface area (Å²) in [7, 11) is 0. The Hall–Kier alpha value is -2.89. The van der Waals surface area contributed by atoms with Gasteiger partial charge in [-0.1, -0.05) is 59.6 Å². The summed E-state index contributed by atoms with van der Waals surface area (Å²) in [6.45, 7) is 0. The lowest BCUT2D eigenvalue weighted by Gasteiger charge is -2.21. The summed E-state index contributed by atoms with van der Waals surface area (Å²) < 4.78 is 1.71. The second kappa shape index (κ2) is 7.78. The maximum Gasteiger partial charge on any atom is 0.183 e. The fourth-order valence-electron chi connectivity index (χ4n) is 2.83. The van der Waals surface area contributed by atoms with Crippen molar-refractivity contribution in [3.8, 4) is 5.69 Å². The van der Waals surface area contributed by atoms with E-state index in [2.05, 4.69) is 20.8 Å². The van der Waals surface area contributed by atoms with Gasteiger partial charge in [0.2, 0.25) is 0 Å². The predicted molar refractivity (Wildman–Crippen MR) is 108 cm³/mol. The zero-order chi connectivity index (χ0) is 18.6. The zero-order valence-corrected chi connectivity index (χ0v) is 15.6. The minimum absolute atomic E-state index is 0.352. The molecule has 0 bridgehead atoms. The van der Waals surface area contributed by atoms with E-state index in [1.54, 1.807) is 4.68 Å². The van der Waals surface area contributed by atoms with Gasteiger partial charge in [0, 0.05) is 21.3 Å². The van der Waals surface area contributed by atoms with Gasteiger partial charge in [-0.15, -0.1) is 5.10 Å². The third-order valence-corrected chi connectivity index (χ3v) is 4.72. The molecule has 0 fully saturated rings. The van der Waals surface area contributed by atoms with Gasteiger partial charge in [0.25, 0.3) is 0 Å². The van der Waals surface area contributed by atoms with Gasteiger partial charge in [-0.3, -0.25) is 0 Å². The van der Waals surface area contributed by atoms with Crippen molar-refractivity contribution in [2.75, 3.05) is 5.32 Å². The van der Waals surface area contributed by atoms with E-state index in [1.807, 2.05) is 78.9 Å². The van der Waals surface area contributed by atoms with Crippen LogP contribution in [0.1, 0.15) is 17.4 Å². The molecule has 0 amide bonds. The number of tetrazole rings is 1. The Morgan fingerprint density at radius 3 is 2.26 bits per heavy atom. The second-order valence-corrected chi connectivity index (χ2v) is 6.73. The summed E-state index contributed by atoms with van der Waals surface area (Å²) in [5, 5.41) is 17.1. The molecule has 27 heavy (non-hydrogen) atoms. The molecule has 0 saturated carbocycles. The molecule has 0 radical (unpaired) electrons. The third-order valence-electron chi connectivity index (χ3n) is 4.12. The van der Waals surface area contributed by atoms with Gasteiger partial charge in [-0.2, -0.15) is 4.68 Å². The highest BCUT2D eigenvalue weighted by atomic mass is 35.5. The molecule has 0 saturated heterocycles. The maximum atomic E-state index is 6.49. The van der Waals surface area contributed by atoms with E-state index >= 15 is 0 Å². The second-order valence-electron chi connectivity index (χ2n) is 5.89. The quantitative estimate of drug-likeness (QED) is 0.506.